The number of aryl methyl sites for hydroxylation is 2. The zero-order valence-electron chi connectivity index (χ0n) is 22.6. The summed E-state index contributed by atoms with van der Waals surface area (Å²) in [5.74, 6) is 2.08. The van der Waals surface area contributed by atoms with Crippen molar-refractivity contribution >= 4 is 17.7 Å². The molecule has 0 unspecified atom stereocenters. The van der Waals surface area contributed by atoms with Crippen LogP contribution >= 0.6 is 0 Å². The summed E-state index contributed by atoms with van der Waals surface area (Å²) >= 11 is 0. The molecule has 4 heterocycles. The van der Waals surface area contributed by atoms with Gasteiger partial charge in [0.05, 0.1) is 11.8 Å². The van der Waals surface area contributed by atoms with Crippen LogP contribution in [0.1, 0.15) is 66.8 Å². The van der Waals surface area contributed by atoms with Gasteiger partial charge in [0.15, 0.2) is 5.82 Å². The van der Waals surface area contributed by atoms with E-state index in [0.29, 0.717) is 24.1 Å². The van der Waals surface area contributed by atoms with E-state index in [2.05, 4.69) is 57.9 Å². The van der Waals surface area contributed by atoms with Crippen molar-refractivity contribution in [2.45, 2.75) is 65.8 Å². The molecule has 0 atom stereocenters. The molecule has 1 amide bonds. The molecule has 1 N–H and O–H groups in total. The molecule has 0 aromatic carbocycles. The summed E-state index contributed by atoms with van der Waals surface area (Å²) in [6.07, 6.45) is 7.03. The lowest BCUT2D eigenvalue weighted by atomic mass is 10.0. The number of nitrogens with zero attached hydrogens (tertiary/aromatic N) is 7. The molecule has 0 spiro atoms. The number of carbonyl (C=O) groups is 1. The monoisotopic (exact) mass is 494 g/mol. The standard InChI is InChI=1S/C27H42N8O/c1-19(2)16-24-20(3)30-27(31-21(24)4)35-13-8-23(9-14-35)33(5)25-17-22(18-29-32-25)26(36)28-10-15-34-11-6-7-12-34/h17-19,23H,6-16H2,1-5H3,(H,28,36). The van der Waals surface area contributed by atoms with Crippen LogP contribution in [-0.4, -0.2) is 83.3 Å². The topological polar surface area (TPSA) is 90.4 Å². The quantitative estimate of drug-likeness (QED) is 0.569. The number of anilines is 2. The maximum atomic E-state index is 12.7. The second kappa shape index (κ2) is 12.0. The smallest absolute Gasteiger partial charge is 0.253 e. The van der Waals surface area contributed by atoms with E-state index in [0.717, 1.165) is 75.1 Å². The Kier molecular flexibility index (Phi) is 8.72. The van der Waals surface area contributed by atoms with Gasteiger partial charge in [0, 0.05) is 50.7 Å². The van der Waals surface area contributed by atoms with Crippen molar-refractivity contribution < 1.29 is 4.79 Å². The Morgan fingerprint density at radius 3 is 2.42 bits per heavy atom. The molecule has 9 heteroatoms. The van der Waals surface area contributed by atoms with Crippen LogP contribution < -0.4 is 15.1 Å². The first-order chi connectivity index (χ1) is 17.3. The first-order valence-corrected chi connectivity index (χ1v) is 13.5. The van der Waals surface area contributed by atoms with E-state index < -0.39 is 0 Å². The van der Waals surface area contributed by atoms with Gasteiger partial charge in [0.2, 0.25) is 5.95 Å². The fraction of sp³-hybridized carbons (Fsp3) is 0.667. The molecular weight excluding hydrogens is 452 g/mol. The largest absolute Gasteiger partial charge is 0.355 e. The molecule has 0 bridgehead atoms. The number of piperidine rings is 1. The van der Waals surface area contributed by atoms with Gasteiger partial charge in [-0.3, -0.25) is 4.79 Å². The molecule has 2 aliphatic rings. The molecule has 0 aliphatic carbocycles. The number of nitrogens with one attached hydrogen (secondary N) is 1. The second-order valence-electron chi connectivity index (χ2n) is 10.7. The highest BCUT2D eigenvalue weighted by molar-refractivity contribution is 5.94. The van der Waals surface area contributed by atoms with Gasteiger partial charge in [0.1, 0.15) is 0 Å². The van der Waals surface area contributed by atoms with Crippen LogP contribution in [0.4, 0.5) is 11.8 Å². The lowest BCUT2D eigenvalue weighted by molar-refractivity contribution is 0.0949. The van der Waals surface area contributed by atoms with Gasteiger partial charge in [-0.05, 0) is 76.6 Å². The van der Waals surface area contributed by atoms with Crippen molar-refractivity contribution in [1.29, 1.82) is 0 Å². The molecule has 0 saturated carbocycles. The predicted molar refractivity (Wildman–Crippen MR) is 144 cm³/mol. The zero-order chi connectivity index (χ0) is 25.7. The number of carbonyl (C=O) groups excluding carboxylic acids is 1. The zero-order valence-corrected chi connectivity index (χ0v) is 22.6. The Labute approximate surface area is 215 Å². The second-order valence-corrected chi connectivity index (χ2v) is 10.7. The highest BCUT2D eigenvalue weighted by Gasteiger charge is 2.26. The fourth-order valence-electron chi connectivity index (χ4n) is 5.29. The lowest BCUT2D eigenvalue weighted by Crippen LogP contribution is -2.44. The third-order valence-corrected chi connectivity index (χ3v) is 7.49. The minimum absolute atomic E-state index is 0.0858. The van der Waals surface area contributed by atoms with Gasteiger partial charge in [-0.2, -0.15) is 5.10 Å². The first-order valence-electron chi connectivity index (χ1n) is 13.5. The van der Waals surface area contributed by atoms with Gasteiger partial charge in [-0.1, -0.05) is 13.8 Å². The minimum atomic E-state index is -0.0858. The molecule has 2 aromatic heterocycles. The number of hydrogen-bond acceptors (Lipinski definition) is 8. The number of aromatic nitrogens is 4. The van der Waals surface area contributed by atoms with E-state index in [1.165, 1.54) is 18.4 Å². The molecule has 196 valence electrons. The Bertz CT molecular complexity index is 1010. The van der Waals surface area contributed by atoms with Crippen LogP contribution in [0.25, 0.3) is 0 Å². The van der Waals surface area contributed by atoms with Crippen LogP contribution in [-0.2, 0) is 6.42 Å². The van der Waals surface area contributed by atoms with E-state index in [4.69, 9.17) is 9.97 Å². The van der Waals surface area contributed by atoms with Gasteiger partial charge in [-0.25, -0.2) is 9.97 Å². The Hall–Kier alpha value is -2.81. The van der Waals surface area contributed by atoms with Crippen molar-refractivity contribution in [2.24, 2.45) is 5.92 Å². The van der Waals surface area contributed by atoms with Crippen LogP contribution in [0.5, 0.6) is 0 Å². The van der Waals surface area contributed by atoms with Crippen LogP contribution in [0.15, 0.2) is 12.3 Å². The van der Waals surface area contributed by atoms with Gasteiger partial charge < -0.3 is 20.0 Å². The first kappa shape index (κ1) is 26.3. The number of hydrogen-bond donors (Lipinski definition) is 1. The Morgan fingerprint density at radius 1 is 1.11 bits per heavy atom. The maximum Gasteiger partial charge on any atom is 0.253 e. The predicted octanol–water partition coefficient (Wildman–Crippen LogP) is 3.01. The number of amides is 1. The summed E-state index contributed by atoms with van der Waals surface area (Å²) in [7, 11) is 2.05. The molecule has 4 rings (SSSR count). The van der Waals surface area contributed by atoms with E-state index in [9.17, 15) is 4.79 Å². The fourth-order valence-corrected chi connectivity index (χ4v) is 5.29. The number of rotatable bonds is 9. The molecule has 2 saturated heterocycles. The third kappa shape index (κ3) is 6.49. The average molecular weight is 495 g/mol. The lowest BCUT2D eigenvalue weighted by Gasteiger charge is -2.37. The summed E-state index contributed by atoms with van der Waals surface area (Å²) in [5.41, 5.74) is 4.03. The average Bonchev–Trinajstić information content (AvgIpc) is 3.39. The highest BCUT2D eigenvalue weighted by Crippen LogP contribution is 2.25. The molecular formula is C27H42N8O. The van der Waals surface area contributed by atoms with Crippen molar-refractivity contribution in [3.05, 3.63) is 34.8 Å². The molecule has 2 aliphatic heterocycles. The summed E-state index contributed by atoms with van der Waals surface area (Å²) in [4.78, 5) is 29.2. The van der Waals surface area contributed by atoms with Crippen molar-refractivity contribution in [3.8, 4) is 0 Å². The van der Waals surface area contributed by atoms with Crippen LogP contribution in [0.3, 0.4) is 0 Å². The van der Waals surface area contributed by atoms with E-state index >= 15 is 0 Å². The summed E-state index contributed by atoms with van der Waals surface area (Å²) in [6, 6.07) is 2.18. The van der Waals surface area contributed by atoms with Crippen molar-refractivity contribution in [1.82, 2.24) is 30.4 Å². The highest BCUT2D eigenvalue weighted by atomic mass is 16.1. The molecule has 2 fully saturated rings. The summed E-state index contributed by atoms with van der Waals surface area (Å²) in [5, 5.41) is 11.5. The minimum Gasteiger partial charge on any atom is -0.355 e. The summed E-state index contributed by atoms with van der Waals surface area (Å²) in [6.45, 7) is 14.3. The van der Waals surface area contributed by atoms with E-state index in [1.54, 1.807) is 6.20 Å². The van der Waals surface area contributed by atoms with Gasteiger partial charge >= 0.3 is 0 Å². The van der Waals surface area contributed by atoms with Crippen molar-refractivity contribution in [2.75, 3.05) is 56.1 Å². The van der Waals surface area contributed by atoms with Crippen molar-refractivity contribution in [3.63, 3.8) is 0 Å². The van der Waals surface area contributed by atoms with Gasteiger partial charge in [-0.15, -0.1) is 5.10 Å². The third-order valence-electron chi connectivity index (χ3n) is 7.49. The van der Waals surface area contributed by atoms with E-state index in [-0.39, 0.29) is 5.91 Å². The SMILES string of the molecule is Cc1nc(N2CCC(N(C)c3cc(C(=O)NCCN4CCCC4)cnn3)CC2)nc(C)c1CC(C)C. The molecule has 9 nitrogen and oxygen atoms in total. The van der Waals surface area contributed by atoms with Crippen LogP contribution in [0.2, 0.25) is 0 Å². The molecule has 2 aromatic rings. The Balaban J connectivity index is 1.32. The molecule has 36 heavy (non-hydrogen) atoms. The van der Waals surface area contributed by atoms with Crippen LogP contribution in [0, 0.1) is 19.8 Å². The van der Waals surface area contributed by atoms with E-state index in [1.807, 2.05) is 13.1 Å². The number of likely N-dealkylation sites (tertiary alicyclic amines) is 1. The van der Waals surface area contributed by atoms with Gasteiger partial charge in [0.25, 0.3) is 5.91 Å². The maximum absolute atomic E-state index is 12.7. The summed E-state index contributed by atoms with van der Waals surface area (Å²) < 4.78 is 0. The Morgan fingerprint density at radius 2 is 1.78 bits per heavy atom. The molecule has 0 radical (unpaired) electrons. The normalized spacial score (nSPS) is 17.1.